The van der Waals surface area contributed by atoms with Gasteiger partial charge in [0.1, 0.15) is 11.9 Å². The van der Waals surface area contributed by atoms with Gasteiger partial charge in [0.2, 0.25) is 0 Å². The van der Waals surface area contributed by atoms with Gasteiger partial charge in [-0.25, -0.2) is 4.79 Å². The van der Waals surface area contributed by atoms with Gasteiger partial charge in [-0.2, -0.15) is 0 Å². The molecule has 0 spiro atoms. The average molecular weight is 529 g/mol. The number of benzene rings is 1. The van der Waals surface area contributed by atoms with Crippen LogP contribution in [0.5, 0.6) is 5.75 Å². The molecule has 5 atom stereocenters. The fraction of sp³-hybridized carbons (Fsp3) is 0.788. The number of esters is 1. The van der Waals surface area contributed by atoms with E-state index in [4.69, 9.17) is 9.47 Å². The summed E-state index contributed by atoms with van der Waals surface area (Å²) < 4.78 is 11.9. The Kier molecular flexibility index (Phi) is 11.8. The first-order valence-electron chi connectivity index (χ1n) is 15.8. The molecule has 3 aliphatic carbocycles. The third kappa shape index (κ3) is 8.45. The monoisotopic (exact) mass is 528 g/mol. The van der Waals surface area contributed by atoms with Crippen LogP contribution in [0.3, 0.4) is 0 Å². The quantitative estimate of drug-likeness (QED) is 0.240. The van der Waals surface area contributed by atoms with Crippen molar-refractivity contribution in [2.45, 2.75) is 141 Å². The molecule has 2 saturated carbocycles. The highest BCUT2D eigenvalue weighted by Gasteiger charge is 2.44. The number of unbranched alkanes of at least 4 members (excludes halogenated alkanes) is 2. The minimum atomic E-state index is -0.293. The van der Waals surface area contributed by atoms with E-state index in [1.54, 1.807) is 0 Å². The Balaban J connectivity index is 1.29. The predicted molar refractivity (Wildman–Crippen MR) is 151 cm³/mol. The summed E-state index contributed by atoms with van der Waals surface area (Å²) in [5.41, 5.74) is 2.49. The fourth-order valence-electron chi connectivity index (χ4n) is 7.35. The van der Waals surface area contributed by atoms with Gasteiger partial charge in [-0.05, 0) is 99.2 Å². The zero-order chi connectivity index (χ0) is 26.7. The van der Waals surface area contributed by atoms with Gasteiger partial charge in [-0.3, -0.25) is 0 Å². The van der Waals surface area contributed by atoms with Gasteiger partial charge in [0, 0.05) is 0 Å². The lowest BCUT2D eigenvalue weighted by atomic mass is 9.73. The molecule has 0 bridgehead atoms. The number of hydrogen-bond acceptors (Lipinski definition) is 5. The van der Waals surface area contributed by atoms with Crippen molar-refractivity contribution in [2.75, 3.05) is 6.61 Å². The van der Waals surface area contributed by atoms with Crippen molar-refractivity contribution in [3.05, 3.63) is 29.3 Å². The lowest BCUT2D eigenvalue weighted by Gasteiger charge is -2.32. The molecule has 2 fully saturated rings. The first kappa shape index (κ1) is 29.4. The second kappa shape index (κ2) is 15.3. The Bertz CT molecular complexity index is 844. The van der Waals surface area contributed by atoms with E-state index in [1.807, 2.05) is 12.1 Å². The molecule has 214 valence electrons. The van der Waals surface area contributed by atoms with E-state index in [9.17, 15) is 15.0 Å². The molecule has 5 nitrogen and oxygen atoms in total. The summed E-state index contributed by atoms with van der Waals surface area (Å²) in [6.45, 7) is 2.15. The molecule has 38 heavy (non-hydrogen) atoms. The highest BCUT2D eigenvalue weighted by atomic mass is 16.6. The SMILES string of the molecule is CCCCC[C@H](O)CCC1[C@H](O)C[C@@H]2Cc3c(cccc3OCC(=O)OC3CCCCCCCCC3)C[C@H]12. The molecule has 0 saturated heterocycles. The highest BCUT2D eigenvalue weighted by Crippen LogP contribution is 2.48. The van der Waals surface area contributed by atoms with Crippen LogP contribution in [-0.2, 0) is 22.4 Å². The molecule has 1 aromatic carbocycles. The maximum atomic E-state index is 12.7. The normalized spacial score (nSPS) is 27.2. The average Bonchev–Trinajstić information content (AvgIpc) is 3.22. The molecule has 0 aliphatic heterocycles. The van der Waals surface area contributed by atoms with Gasteiger partial charge in [0.05, 0.1) is 12.2 Å². The van der Waals surface area contributed by atoms with Gasteiger partial charge in [-0.15, -0.1) is 0 Å². The maximum absolute atomic E-state index is 12.7. The third-order valence-electron chi connectivity index (χ3n) is 9.52. The van der Waals surface area contributed by atoms with Crippen LogP contribution in [0, 0.1) is 17.8 Å². The van der Waals surface area contributed by atoms with Crippen LogP contribution in [0.4, 0.5) is 0 Å². The predicted octanol–water partition coefficient (Wildman–Crippen LogP) is 6.93. The summed E-state index contributed by atoms with van der Waals surface area (Å²) >= 11 is 0. The van der Waals surface area contributed by atoms with E-state index in [0.29, 0.717) is 11.8 Å². The summed E-state index contributed by atoms with van der Waals surface area (Å²) in [5, 5.41) is 21.4. The number of rotatable bonds is 11. The minimum absolute atomic E-state index is 0.0247. The molecule has 1 aromatic rings. The van der Waals surface area contributed by atoms with E-state index >= 15 is 0 Å². The van der Waals surface area contributed by atoms with E-state index in [0.717, 1.165) is 76.4 Å². The molecule has 0 heterocycles. The molecular weight excluding hydrogens is 476 g/mol. The molecule has 5 heteroatoms. The van der Waals surface area contributed by atoms with Crippen molar-refractivity contribution < 1.29 is 24.5 Å². The molecule has 2 N–H and O–H groups in total. The van der Waals surface area contributed by atoms with Crippen molar-refractivity contribution in [2.24, 2.45) is 17.8 Å². The van der Waals surface area contributed by atoms with Crippen molar-refractivity contribution in [3.63, 3.8) is 0 Å². The Hall–Kier alpha value is -1.59. The molecule has 4 rings (SSSR count). The maximum Gasteiger partial charge on any atom is 0.344 e. The molecular formula is C33H52O5. The van der Waals surface area contributed by atoms with Gasteiger partial charge < -0.3 is 19.7 Å². The van der Waals surface area contributed by atoms with Crippen molar-refractivity contribution in [1.82, 2.24) is 0 Å². The zero-order valence-corrected chi connectivity index (χ0v) is 23.8. The van der Waals surface area contributed by atoms with Crippen LogP contribution in [0.1, 0.15) is 121 Å². The topological polar surface area (TPSA) is 76.0 Å². The Morgan fingerprint density at radius 2 is 1.74 bits per heavy atom. The van der Waals surface area contributed by atoms with Gasteiger partial charge in [0.25, 0.3) is 0 Å². The second-order valence-corrected chi connectivity index (χ2v) is 12.4. The Morgan fingerprint density at radius 3 is 2.47 bits per heavy atom. The lowest BCUT2D eigenvalue weighted by molar-refractivity contribution is -0.152. The van der Waals surface area contributed by atoms with Crippen LogP contribution >= 0.6 is 0 Å². The van der Waals surface area contributed by atoms with Crippen LogP contribution in [0.15, 0.2) is 18.2 Å². The number of carbonyl (C=O) groups excluding carboxylic acids is 1. The van der Waals surface area contributed by atoms with Crippen molar-refractivity contribution in [3.8, 4) is 5.75 Å². The Morgan fingerprint density at radius 1 is 1.00 bits per heavy atom. The fourth-order valence-corrected chi connectivity index (χ4v) is 7.35. The number of hydrogen-bond donors (Lipinski definition) is 2. The number of aliphatic hydroxyl groups is 2. The highest BCUT2D eigenvalue weighted by molar-refractivity contribution is 5.71. The molecule has 1 unspecified atom stereocenters. The summed E-state index contributed by atoms with van der Waals surface area (Å²) in [4.78, 5) is 12.7. The van der Waals surface area contributed by atoms with Gasteiger partial charge >= 0.3 is 5.97 Å². The standard InChI is InChI=1S/C33H52O5/c1-2-3-9-14-26(34)18-19-28-29-20-24-13-12-17-32(30(24)21-25(29)22-31(28)35)37-23-33(36)38-27-15-10-7-5-4-6-8-11-16-27/h12-13,17,25-29,31,34-35H,2-11,14-16,18-23H2,1H3/t25-,26-,28?,29-,31+/m0/s1. The largest absolute Gasteiger partial charge is 0.482 e. The van der Waals surface area contributed by atoms with Gasteiger partial charge in [0.15, 0.2) is 6.61 Å². The van der Waals surface area contributed by atoms with E-state index in [-0.39, 0.29) is 36.8 Å². The zero-order valence-electron chi connectivity index (χ0n) is 23.8. The lowest BCUT2D eigenvalue weighted by Crippen LogP contribution is -2.28. The van der Waals surface area contributed by atoms with Crippen molar-refractivity contribution in [1.29, 1.82) is 0 Å². The molecule has 0 amide bonds. The molecule has 3 aliphatic rings. The third-order valence-corrected chi connectivity index (χ3v) is 9.52. The summed E-state index contributed by atoms with van der Waals surface area (Å²) in [6.07, 6.45) is 18.7. The van der Waals surface area contributed by atoms with Crippen LogP contribution < -0.4 is 4.74 Å². The van der Waals surface area contributed by atoms with E-state index in [2.05, 4.69) is 13.0 Å². The van der Waals surface area contributed by atoms with E-state index < -0.39 is 0 Å². The number of aliphatic hydroxyl groups excluding tert-OH is 2. The molecule has 0 radical (unpaired) electrons. The summed E-state index contributed by atoms with van der Waals surface area (Å²) in [7, 11) is 0. The van der Waals surface area contributed by atoms with Crippen molar-refractivity contribution >= 4 is 5.97 Å². The van der Waals surface area contributed by atoms with Crippen LogP contribution in [0.2, 0.25) is 0 Å². The smallest absolute Gasteiger partial charge is 0.344 e. The number of fused-ring (bicyclic) bond motifs is 2. The van der Waals surface area contributed by atoms with Crippen LogP contribution in [0.25, 0.3) is 0 Å². The molecule has 0 aromatic heterocycles. The first-order valence-corrected chi connectivity index (χ1v) is 15.8. The summed E-state index contributed by atoms with van der Waals surface area (Å²) in [5.74, 6) is 1.68. The second-order valence-electron chi connectivity index (χ2n) is 12.4. The Labute approximate surface area is 230 Å². The number of ether oxygens (including phenoxy) is 2. The number of carbonyl (C=O) groups is 1. The van der Waals surface area contributed by atoms with Crippen LogP contribution in [-0.4, -0.2) is 41.1 Å². The summed E-state index contributed by atoms with van der Waals surface area (Å²) in [6, 6.07) is 6.18. The van der Waals surface area contributed by atoms with Gasteiger partial charge in [-0.1, -0.05) is 70.4 Å². The van der Waals surface area contributed by atoms with E-state index in [1.165, 1.54) is 56.1 Å². The first-order chi connectivity index (χ1) is 18.5. The minimum Gasteiger partial charge on any atom is -0.482 e.